The SMILES string of the molecule is CNc1cccc(-c2nc(-c3ccc(N)c(C(=O)O)c3N)no2)c1F. The van der Waals surface area contributed by atoms with Crippen molar-refractivity contribution in [3.63, 3.8) is 0 Å². The third-order valence-corrected chi connectivity index (χ3v) is 3.66. The Morgan fingerprint density at radius 1 is 1.24 bits per heavy atom. The molecule has 0 saturated carbocycles. The molecule has 0 fully saturated rings. The first-order valence-electron chi connectivity index (χ1n) is 7.16. The van der Waals surface area contributed by atoms with Gasteiger partial charge in [0.05, 0.1) is 16.9 Å². The maximum atomic E-state index is 14.4. The van der Waals surface area contributed by atoms with Gasteiger partial charge in [-0.05, 0) is 24.3 Å². The van der Waals surface area contributed by atoms with E-state index in [4.69, 9.17) is 16.0 Å². The van der Waals surface area contributed by atoms with Crippen LogP contribution in [0.15, 0.2) is 34.9 Å². The Balaban J connectivity index is 2.09. The fourth-order valence-electron chi connectivity index (χ4n) is 2.40. The first-order chi connectivity index (χ1) is 11.9. The van der Waals surface area contributed by atoms with Crippen LogP contribution in [0.5, 0.6) is 0 Å². The fraction of sp³-hybridized carbons (Fsp3) is 0.0625. The van der Waals surface area contributed by atoms with Crippen molar-refractivity contribution in [1.82, 2.24) is 10.1 Å². The molecule has 0 bridgehead atoms. The van der Waals surface area contributed by atoms with Crippen LogP contribution in [0.2, 0.25) is 0 Å². The number of carbonyl (C=O) groups is 1. The highest BCUT2D eigenvalue weighted by atomic mass is 19.1. The number of rotatable bonds is 4. The van der Waals surface area contributed by atoms with Gasteiger partial charge >= 0.3 is 5.97 Å². The second-order valence-corrected chi connectivity index (χ2v) is 5.14. The molecular formula is C16H14FN5O3. The minimum Gasteiger partial charge on any atom is -0.478 e. The molecule has 0 aliphatic rings. The predicted molar refractivity (Wildman–Crippen MR) is 90.5 cm³/mol. The molecule has 0 saturated heterocycles. The number of benzene rings is 2. The van der Waals surface area contributed by atoms with E-state index in [0.29, 0.717) is 0 Å². The molecule has 9 heteroatoms. The topological polar surface area (TPSA) is 140 Å². The van der Waals surface area contributed by atoms with Gasteiger partial charge < -0.3 is 26.4 Å². The lowest BCUT2D eigenvalue weighted by Crippen LogP contribution is -2.08. The van der Waals surface area contributed by atoms with Gasteiger partial charge in [-0.15, -0.1) is 0 Å². The van der Waals surface area contributed by atoms with E-state index >= 15 is 0 Å². The number of aromatic nitrogens is 2. The molecular weight excluding hydrogens is 329 g/mol. The summed E-state index contributed by atoms with van der Waals surface area (Å²) in [6.07, 6.45) is 0. The zero-order chi connectivity index (χ0) is 18.1. The Morgan fingerprint density at radius 3 is 2.68 bits per heavy atom. The number of nitrogens with zero attached hydrogens (tertiary/aromatic N) is 2. The average Bonchev–Trinajstić information content (AvgIpc) is 3.04. The zero-order valence-corrected chi connectivity index (χ0v) is 13.1. The van der Waals surface area contributed by atoms with Gasteiger partial charge in [0, 0.05) is 18.3 Å². The van der Waals surface area contributed by atoms with Crippen LogP contribution >= 0.6 is 0 Å². The molecule has 3 rings (SSSR count). The normalized spacial score (nSPS) is 10.6. The van der Waals surface area contributed by atoms with Crippen molar-refractivity contribution in [3.05, 3.63) is 41.7 Å². The number of aromatic carboxylic acids is 1. The average molecular weight is 343 g/mol. The molecule has 0 atom stereocenters. The van der Waals surface area contributed by atoms with Gasteiger partial charge in [0.25, 0.3) is 5.89 Å². The second-order valence-electron chi connectivity index (χ2n) is 5.14. The van der Waals surface area contributed by atoms with Crippen molar-refractivity contribution in [2.75, 3.05) is 23.8 Å². The molecule has 0 unspecified atom stereocenters. The Hall–Kier alpha value is -3.62. The van der Waals surface area contributed by atoms with Crippen LogP contribution < -0.4 is 16.8 Å². The van der Waals surface area contributed by atoms with Gasteiger partial charge in [-0.3, -0.25) is 0 Å². The molecule has 0 spiro atoms. The zero-order valence-electron chi connectivity index (χ0n) is 13.1. The highest BCUT2D eigenvalue weighted by Gasteiger charge is 2.21. The number of carboxylic acid groups (broad SMARTS) is 1. The highest BCUT2D eigenvalue weighted by Crippen LogP contribution is 2.33. The lowest BCUT2D eigenvalue weighted by molar-refractivity contribution is 0.0699. The van der Waals surface area contributed by atoms with E-state index in [-0.39, 0.29) is 45.5 Å². The van der Waals surface area contributed by atoms with Gasteiger partial charge in [0.2, 0.25) is 5.82 Å². The number of hydrogen-bond donors (Lipinski definition) is 4. The van der Waals surface area contributed by atoms with E-state index < -0.39 is 11.8 Å². The standard InChI is InChI=1S/C16H14FN5O3/c1-20-10-4-2-3-7(12(10)17)15-21-14(22-25-15)8-5-6-9(18)11(13(8)19)16(23)24/h2-6,20H,18-19H2,1H3,(H,23,24). The largest absolute Gasteiger partial charge is 0.478 e. The van der Waals surface area contributed by atoms with Crippen LogP contribution in [-0.2, 0) is 0 Å². The molecule has 0 aliphatic carbocycles. The molecule has 8 nitrogen and oxygen atoms in total. The summed E-state index contributed by atoms with van der Waals surface area (Å²) in [5, 5.41) is 15.7. The van der Waals surface area contributed by atoms with Gasteiger partial charge in [-0.2, -0.15) is 4.98 Å². The highest BCUT2D eigenvalue weighted by molar-refractivity contribution is 6.02. The van der Waals surface area contributed by atoms with Crippen LogP contribution in [-0.4, -0.2) is 28.3 Å². The Kier molecular flexibility index (Phi) is 3.97. The van der Waals surface area contributed by atoms with Gasteiger partial charge in [-0.25, -0.2) is 9.18 Å². The second kappa shape index (κ2) is 6.11. The number of anilines is 3. The molecule has 0 radical (unpaired) electrons. The fourth-order valence-corrected chi connectivity index (χ4v) is 2.40. The van der Waals surface area contributed by atoms with Crippen molar-refractivity contribution in [2.45, 2.75) is 0 Å². The first kappa shape index (κ1) is 16.2. The van der Waals surface area contributed by atoms with Gasteiger partial charge in [0.1, 0.15) is 5.56 Å². The third-order valence-electron chi connectivity index (χ3n) is 3.66. The Morgan fingerprint density at radius 2 is 2.00 bits per heavy atom. The third kappa shape index (κ3) is 2.71. The summed E-state index contributed by atoms with van der Waals surface area (Å²) in [6, 6.07) is 7.55. The monoisotopic (exact) mass is 343 g/mol. The number of nitrogen functional groups attached to an aromatic ring is 2. The molecule has 25 heavy (non-hydrogen) atoms. The summed E-state index contributed by atoms with van der Waals surface area (Å²) in [5.74, 6) is -1.84. The van der Waals surface area contributed by atoms with Crippen LogP contribution in [0.1, 0.15) is 10.4 Å². The molecule has 0 amide bonds. The van der Waals surface area contributed by atoms with E-state index in [1.807, 2.05) is 0 Å². The first-order valence-corrected chi connectivity index (χ1v) is 7.16. The van der Waals surface area contributed by atoms with Gasteiger partial charge in [0.15, 0.2) is 5.82 Å². The van der Waals surface area contributed by atoms with Crippen molar-refractivity contribution < 1.29 is 18.8 Å². The summed E-state index contributed by atoms with van der Waals surface area (Å²) >= 11 is 0. The molecule has 3 aromatic rings. The van der Waals surface area contributed by atoms with Crippen LogP contribution in [0.4, 0.5) is 21.5 Å². The summed E-state index contributed by atoms with van der Waals surface area (Å²) in [6.45, 7) is 0. The smallest absolute Gasteiger partial charge is 0.339 e. The molecule has 1 heterocycles. The summed E-state index contributed by atoms with van der Waals surface area (Å²) in [4.78, 5) is 15.4. The van der Waals surface area contributed by atoms with Crippen molar-refractivity contribution in [3.8, 4) is 22.8 Å². The van der Waals surface area contributed by atoms with E-state index in [9.17, 15) is 14.3 Å². The molecule has 1 aromatic heterocycles. The lowest BCUT2D eigenvalue weighted by Gasteiger charge is -2.07. The van der Waals surface area contributed by atoms with Crippen molar-refractivity contribution in [2.24, 2.45) is 0 Å². The molecule has 128 valence electrons. The van der Waals surface area contributed by atoms with E-state index in [1.165, 1.54) is 18.2 Å². The van der Waals surface area contributed by atoms with Crippen LogP contribution in [0.3, 0.4) is 0 Å². The Labute approximate surface area is 141 Å². The lowest BCUT2D eigenvalue weighted by atomic mass is 10.0. The van der Waals surface area contributed by atoms with E-state index in [1.54, 1.807) is 19.2 Å². The summed E-state index contributed by atoms with van der Waals surface area (Å²) < 4.78 is 19.5. The maximum Gasteiger partial charge on any atom is 0.339 e. The number of nitrogens with two attached hydrogens (primary N) is 2. The number of nitrogens with one attached hydrogen (secondary N) is 1. The Bertz CT molecular complexity index is 970. The quantitative estimate of drug-likeness (QED) is 0.529. The molecule has 6 N–H and O–H groups in total. The molecule has 0 aliphatic heterocycles. The number of halogens is 1. The van der Waals surface area contributed by atoms with E-state index in [2.05, 4.69) is 15.5 Å². The number of hydrogen-bond acceptors (Lipinski definition) is 7. The van der Waals surface area contributed by atoms with Crippen LogP contribution in [0, 0.1) is 5.82 Å². The van der Waals surface area contributed by atoms with Gasteiger partial charge in [-0.1, -0.05) is 11.2 Å². The molecule has 2 aromatic carbocycles. The minimum atomic E-state index is -1.27. The van der Waals surface area contributed by atoms with Crippen LogP contribution in [0.25, 0.3) is 22.8 Å². The van der Waals surface area contributed by atoms with Crippen molar-refractivity contribution >= 4 is 23.0 Å². The predicted octanol–water partition coefficient (Wildman–Crippen LogP) is 2.45. The minimum absolute atomic E-state index is 0.0187. The summed E-state index contributed by atoms with van der Waals surface area (Å²) in [5.41, 5.74) is 11.8. The maximum absolute atomic E-state index is 14.4. The van der Waals surface area contributed by atoms with Crippen molar-refractivity contribution in [1.29, 1.82) is 0 Å². The number of carboxylic acids is 1. The van der Waals surface area contributed by atoms with E-state index in [0.717, 1.165) is 0 Å². The summed E-state index contributed by atoms with van der Waals surface area (Å²) in [7, 11) is 1.59.